The van der Waals surface area contributed by atoms with Crippen LogP contribution in [-0.2, 0) is 9.53 Å². The van der Waals surface area contributed by atoms with Gasteiger partial charge in [0.15, 0.2) is 6.61 Å². The number of hydrogen-bond acceptors (Lipinski definition) is 6. The first-order valence-corrected chi connectivity index (χ1v) is 10.0. The lowest BCUT2D eigenvalue weighted by atomic mass is 10.1. The second-order valence-corrected chi connectivity index (χ2v) is 7.23. The molecule has 3 aromatic rings. The molecule has 1 amide bonds. The molecule has 1 aliphatic heterocycles. The number of esters is 1. The third kappa shape index (κ3) is 4.53. The molecule has 8 heteroatoms. The molecule has 2 aromatic carbocycles. The van der Waals surface area contributed by atoms with E-state index >= 15 is 0 Å². The van der Waals surface area contributed by atoms with Gasteiger partial charge in [0.2, 0.25) is 5.56 Å². The number of para-hydroxylation sites is 1. The van der Waals surface area contributed by atoms with E-state index in [2.05, 4.69) is 9.88 Å². The first-order chi connectivity index (χ1) is 15.0. The van der Waals surface area contributed by atoms with Gasteiger partial charge in [-0.3, -0.25) is 9.59 Å². The molecule has 2 heterocycles. The third-order valence-electron chi connectivity index (χ3n) is 5.37. The highest BCUT2D eigenvalue weighted by Gasteiger charge is 2.23. The molecule has 8 nitrogen and oxygen atoms in total. The zero-order valence-electron chi connectivity index (χ0n) is 17.2. The van der Waals surface area contributed by atoms with Crippen molar-refractivity contribution in [2.45, 2.75) is 0 Å². The molecule has 1 N–H and O–H groups in total. The lowest BCUT2D eigenvalue weighted by molar-refractivity contribution is -0.134. The van der Waals surface area contributed by atoms with Crippen molar-refractivity contribution in [3.8, 4) is 5.75 Å². The van der Waals surface area contributed by atoms with Crippen molar-refractivity contribution in [1.82, 2.24) is 9.88 Å². The number of carbonyl (C=O) groups excluding carboxylic acids is 2. The van der Waals surface area contributed by atoms with E-state index in [1.165, 1.54) is 6.07 Å². The molecule has 0 atom stereocenters. The van der Waals surface area contributed by atoms with Crippen molar-refractivity contribution in [2.24, 2.45) is 0 Å². The van der Waals surface area contributed by atoms with E-state index in [1.54, 1.807) is 36.3 Å². The van der Waals surface area contributed by atoms with Crippen LogP contribution >= 0.6 is 0 Å². The average Bonchev–Trinajstić information content (AvgIpc) is 2.82. The first kappa shape index (κ1) is 20.5. The Morgan fingerprint density at radius 2 is 1.71 bits per heavy atom. The van der Waals surface area contributed by atoms with Crippen LogP contribution in [0.3, 0.4) is 0 Å². The second-order valence-electron chi connectivity index (χ2n) is 7.23. The molecule has 1 aliphatic rings. The number of piperazine rings is 1. The van der Waals surface area contributed by atoms with Crippen LogP contribution in [0.15, 0.2) is 59.4 Å². The summed E-state index contributed by atoms with van der Waals surface area (Å²) in [5.74, 6) is -0.142. The van der Waals surface area contributed by atoms with Crippen LogP contribution in [0, 0.1) is 0 Å². The number of pyridine rings is 1. The zero-order valence-corrected chi connectivity index (χ0v) is 17.2. The van der Waals surface area contributed by atoms with Gasteiger partial charge in [-0.25, -0.2) is 4.79 Å². The van der Waals surface area contributed by atoms with Gasteiger partial charge in [-0.1, -0.05) is 18.2 Å². The molecule has 1 fully saturated rings. The number of nitrogens with one attached hydrogen (secondary N) is 1. The van der Waals surface area contributed by atoms with Crippen LogP contribution in [0.4, 0.5) is 5.69 Å². The SMILES string of the molecule is COc1ccc(N2CCN(C(=O)COC(=O)c3cc(=O)[nH]c4ccccc34)CC2)cc1. The summed E-state index contributed by atoms with van der Waals surface area (Å²) >= 11 is 0. The Bertz CT molecular complexity index is 1150. The Morgan fingerprint density at radius 1 is 1.00 bits per heavy atom. The Kier molecular flexibility index (Phi) is 5.88. The van der Waals surface area contributed by atoms with Crippen LogP contribution in [0.2, 0.25) is 0 Å². The first-order valence-electron chi connectivity index (χ1n) is 10.0. The van der Waals surface area contributed by atoms with Gasteiger partial charge in [-0.15, -0.1) is 0 Å². The predicted molar refractivity (Wildman–Crippen MR) is 117 cm³/mol. The van der Waals surface area contributed by atoms with Gasteiger partial charge in [0.1, 0.15) is 5.75 Å². The minimum Gasteiger partial charge on any atom is -0.497 e. The van der Waals surface area contributed by atoms with E-state index in [-0.39, 0.29) is 18.1 Å². The van der Waals surface area contributed by atoms with Gasteiger partial charge in [-0.05, 0) is 30.3 Å². The summed E-state index contributed by atoms with van der Waals surface area (Å²) in [6.07, 6.45) is 0. The predicted octanol–water partition coefficient (Wildman–Crippen LogP) is 2.04. The van der Waals surface area contributed by atoms with Crippen molar-refractivity contribution >= 4 is 28.5 Å². The fourth-order valence-corrected chi connectivity index (χ4v) is 3.68. The van der Waals surface area contributed by atoms with E-state index < -0.39 is 11.5 Å². The molecule has 0 saturated carbocycles. The normalized spacial score (nSPS) is 13.8. The van der Waals surface area contributed by atoms with Crippen LogP contribution in [0.5, 0.6) is 5.75 Å². The quantitative estimate of drug-likeness (QED) is 0.634. The number of benzene rings is 2. The number of aromatic amines is 1. The maximum Gasteiger partial charge on any atom is 0.339 e. The minimum atomic E-state index is -0.687. The van der Waals surface area contributed by atoms with Crippen LogP contribution in [0.1, 0.15) is 10.4 Å². The molecule has 160 valence electrons. The van der Waals surface area contributed by atoms with Crippen LogP contribution < -0.4 is 15.2 Å². The molecule has 1 aromatic heterocycles. The lowest BCUT2D eigenvalue weighted by Crippen LogP contribution is -2.49. The molecule has 0 unspecified atom stereocenters. The molecule has 1 saturated heterocycles. The third-order valence-corrected chi connectivity index (χ3v) is 5.37. The maximum absolute atomic E-state index is 12.5. The number of rotatable bonds is 5. The smallest absolute Gasteiger partial charge is 0.339 e. The van der Waals surface area contributed by atoms with E-state index in [0.717, 1.165) is 11.4 Å². The monoisotopic (exact) mass is 421 g/mol. The molecule has 0 spiro atoms. The van der Waals surface area contributed by atoms with E-state index in [0.29, 0.717) is 37.1 Å². The molecule has 4 rings (SSSR count). The molecular formula is C23H23N3O5. The average molecular weight is 421 g/mol. The summed E-state index contributed by atoms with van der Waals surface area (Å²) in [5.41, 5.74) is 1.37. The number of H-pyrrole nitrogens is 1. The summed E-state index contributed by atoms with van der Waals surface area (Å²) in [6, 6.07) is 16.0. The van der Waals surface area contributed by atoms with Crippen LogP contribution in [0.25, 0.3) is 10.9 Å². The fourth-order valence-electron chi connectivity index (χ4n) is 3.68. The van der Waals surface area contributed by atoms with E-state index in [1.807, 2.05) is 24.3 Å². The summed E-state index contributed by atoms with van der Waals surface area (Å²) in [7, 11) is 1.63. The number of fused-ring (bicyclic) bond motifs is 1. The van der Waals surface area contributed by atoms with Crippen molar-refractivity contribution < 1.29 is 19.1 Å². The van der Waals surface area contributed by atoms with Crippen LogP contribution in [-0.4, -0.2) is 61.7 Å². The number of carbonyl (C=O) groups is 2. The van der Waals surface area contributed by atoms with Crippen molar-refractivity contribution in [2.75, 3.05) is 44.8 Å². The summed E-state index contributed by atoms with van der Waals surface area (Å²) < 4.78 is 10.4. The largest absolute Gasteiger partial charge is 0.497 e. The second kappa shape index (κ2) is 8.91. The topological polar surface area (TPSA) is 91.9 Å². The number of anilines is 1. The van der Waals surface area contributed by atoms with Gasteiger partial charge >= 0.3 is 5.97 Å². The number of aromatic nitrogens is 1. The Balaban J connectivity index is 1.33. The summed E-state index contributed by atoms with van der Waals surface area (Å²) in [6.45, 7) is 2.09. The molecule has 0 radical (unpaired) electrons. The standard InChI is InChI=1S/C23H23N3O5/c1-30-17-8-6-16(7-9-17)25-10-12-26(13-11-25)22(28)15-31-23(29)19-14-21(27)24-20-5-3-2-4-18(19)20/h2-9,14H,10-13,15H2,1H3,(H,24,27). The molecular weight excluding hydrogens is 398 g/mol. The highest BCUT2D eigenvalue weighted by Crippen LogP contribution is 2.21. The van der Waals surface area contributed by atoms with Crippen molar-refractivity contribution in [1.29, 1.82) is 0 Å². The number of hydrogen-bond donors (Lipinski definition) is 1. The number of methoxy groups -OCH3 is 1. The van der Waals surface area contributed by atoms with Crippen molar-refractivity contribution in [3.05, 3.63) is 70.5 Å². The Labute approximate surface area is 179 Å². The highest BCUT2D eigenvalue weighted by molar-refractivity contribution is 6.03. The van der Waals surface area contributed by atoms with E-state index in [4.69, 9.17) is 9.47 Å². The minimum absolute atomic E-state index is 0.150. The molecule has 0 bridgehead atoms. The zero-order chi connectivity index (χ0) is 21.8. The van der Waals surface area contributed by atoms with Crippen molar-refractivity contribution in [3.63, 3.8) is 0 Å². The van der Waals surface area contributed by atoms with Gasteiger partial charge in [0.05, 0.1) is 12.7 Å². The molecule has 31 heavy (non-hydrogen) atoms. The number of amides is 1. The summed E-state index contributed by atoms with van der Waals surface area (Å²) in [5, 5.41) is 0.577. The number of nitrogens with zero attached hydrogens (tertiary/aromatic N) is 2. The van der Waals surface area contributed by atoms with Gasteiger partial charge in [0.25, 0.3) is 5.91 Å². The highest BCUT2D eigenvalue weighted by atomic mass is 16.5. The van der Waals surface area contributed by atoms with E-state index in [9.17, 15) is 14.4 Å². The van der Waals surface area contributed by atoms with Gasteiger partial charge in [-0.2, -0.15) is 0 Å². The fraction of sp³-hybridized carbons (Fsp3) is 0.261. The summed E-state index contributed by atoms with van der Waals surface area (Å²) in [4.78, 5) is 43.4. The Morgan fingerprint density at radius 3 is 2.42 bits per heavy atom. The molecule has 0 aliphatic carbocycles. The van der Waals surface area contributed by atoms with Gasteiger partial charge < -0.3 is 24.3 Å². The maximum atomic E-state index is 12.5. The Hall–Kier alpha value is -3.81. The number of ether oxygens (including phenoxy) is 2. The lowest BCUT2D eigenvalue weighted by Gasteiger charge is -2.36. The van der Waals surface area contributed by atoms with Gasteiger partial charge in [0, 0.05) is 48.8 Å².